The number of nitrogens with zero attached hydrogens (tertiary/aromatic N) is 4. The van der Waals surface area contributed by atoms with E-state index >= 15 is 0 Å². The number of carbonyl (C=O) groups excluding carboxylic acids is 2. The largest absolute Gasteiger partial charge is 0.336 e. The maximum Gasteiger partial charge on any atom is 0.253 e. The van der Waals surface area contributed by atoms with Crippen molar-refractivity contribution in [2.75, 3.05) is 51.6 Å². The molecule has 0 saturated carbocycles. The van der Waals surface area contributed by atoms with E-state index < -0.39 is 0 Å². The fourth-order valence-corrected chi connectivity index (χ4v) is 4.33. The number of hydrogen-bond donors (Lipinski definition) is 1. The second-order valence-corrected chi connectivity index (χ2v) is 7.78. The predicted octanol–water partition coefficient (Wildman–Crippen LogP) is 1.66. The zero-order chi connectivity index (χ0) is 18.8. The monoisotopic (exact) mass is 385 g/mol. The van der Waals surface area contributed by atoms with Crippen LogP contribution in [0.15, 0.2) is 40.4 Å². The number of aliphatic imine (C=N–C) groups is 1. The van der Waals surface area contributed by atoms with Crippen molar-refractivity contribution in [3.05, 3.63) is 40.9 Å². The highest BCUT2D eigenvalue weighted by Gasteiger charge is 2.27. The molecular weight excluding hydrogens is 362 g/mol. The first-order valence-electron chi connectivity index (χ1n) is 9.15. The van der Waals surface area contributed by atoms with Crippen molar-refractivity contribution in [1.29, 1.82) is 0 Å². The van der Waals surface area contributed by atoms with Gasteiger partial charge in [-0.2, -0.15) is 0 Å². The van der Waals surface area contributed by atoms with Gasteiger partial charge in [0.2, 0.25) is 5.91 Å². The maximum absolute atomic E-state index is 12.6. The van der Waals surface area contributed by atoms with E-state index in [0.29, 0.717) is 17.7 Å². The topological polar surface area (TPSA) is 68.2 Å². The van der Waals surface area contributed by atoms with Crippen LogP contribution in [0.1, 0.15) is 16.8 Å². The number of hydrogen-bond acceptors (Lipinski definition) is 6. The third-order valence-electron chi connectivity index (χ3n) is 5.00. The molecular formula is C19H23N5O2S. The minimum atomic E-state index is -0.0619. The van der Waals surface area contributed by atoms with Gasteiger partial charge in [-0.3, -0.25) is 14.6 Å². The summed E-state index contributed by atoms with van der Waals surface area (Å²) in [5.41, 5.74) is 2.36. The van der Waals surface area contributed by atoms with E-state index in [0.717, 1.165) is 50.1 Å². The summed E-state index contributed by atoms with van der Waals surface area (Å²) in [6.07, 6.45) is 0.327. The molecule has 1 aromatic carbocycles. The van der Waals surface area contributed by atoms with Crippen molar-refractivity contribution in [2.24, 2.45) is 4.99 Å². The van der Waals surface area contributed by atoms with Crippen molar-refractivity contribution in [3.8, 4) is 0 Å². The Labute approximate surface area is 163 Å². The van der Waals surface area contributed by atoms with Crippen molar-refractivity contribution in [1.82, 2.24) is 14.7 Å². The van der Waals surface area contributed by atoms with Crippen LogP contribution in [0.3, 0.4) is 0 Å². The smallest absolute Gasteiger partial charge is 0.253 e. The van der Waals surface area contributed by atoms with Gasteiger partial charge in [0.15, 0.2) is 5.17 Å². The van der Waals surface area contributed by atoms with Crippen molar-refractivity contribution < 1.29 is 9.59 Å². The molecule has 3 aliphatic rings. The summed E-state index contributed by atoms with van der Waals surface area (Å²) in [4.78, 5) is 35.5. The molecule has 27 heavy (non-hydrogen) atoms. The van der Waals surface area contributed by atoms with Crippen molar-refractivity contribution in [3.63, 3.8) is 0 Å². The Hall–Kier alpha value is -2.32. The van der Waals surface area contributed by atoms with Crippen LogP contribution in [-0.4, -0.2) is 78.0 Å². The number of carbonyl (C=O) groups is 2. The van der Waals surface area contributed by atoms with Crippen LogP contribution in [0.25, 0.3) is 0 Å². The number of fused-ring (bicyclic) bond motifs is 1. The quantitative estimate of drug-likeness (QED) is 0.854. The maximum atomic E-state index is 12.6. The predicted molar refractivity (Wildman–Crippen MR) is 108 cm³/mol. The van der Waals surface area contributed by atoms with E-state index in [2.05, 4.69) is 27.2 Å². The van der Waals surface area contributed by atoms with E-state index in [4.69, 9.17) is 0 Å². The van der Waals surface area contributed by atoms with E-state index in [9.17, 15) is 9.59 Å². The highest BCUT2D eigenvalue weighted by atomic mass is 32.2. The van der Waals surface area contributed by atoms with Gasteiger partial charge in [-0.05, 0) is 36.7 Å². The van der Waals surface area contributed by atoms with E-state index in [-0.39, 0.29) is 11.8 Å². The van der Waals surface area contributed by atoms with Crippen molar-refractivity contribution >= 4 is 34.4 Å². The fourth-order valence-electron chi connectivity index (χ4n) is 3.37. The molecule has 3 aliphatic heterocycles. The molecule has 0 spiro atoms. The zero-order valence-electron chi connectivity index (χ0n) is 15.4. The van der Waals surface area contributed by atoms with Gasteiger partial charge in [-0.1, -0.05) is 11.8 Å². The molecule has 0 aliphatic carbocycles. The van der Waals surface area contributed by atoms with Crippen LogP contribution in [0.5, 0.6) is 0 Å². The number of amides is 2. The summed E-state index contributed by atoms with van der Waals surface area (Å²) in [5, 5.41) is 5.90. The third kappa shape index (κ3) is 4.01. The minimum absolute atomic E-state index is 0.0509. The molecule has 0 atom stereocenters. The summed E-state index contributed by atoms with van der Waals surface area (Å²) < 4.78 is 0. The van der Waals surface area contributed by atoms with Gasteiger partial charge in [0.05, 0.1) is 13.0 Å². The van der Waals surface area contributed by atoms with Crippen LogP contribution < -0.4 is 5.32 Å². The lowest BCUT2D eigenvalue weighted by Gasteiger charge is -2.32. The standard InChI is InChI=1S/C19H23N5O2S/c1-22-8-10-23(11-9-22)18(26)14-2-4-15(5-3-14)21-17(25)12-16-13-27-19-20-6-7-24(16)19/h2-5,13H,6-12H2,1H3,(H,21,25). The molecule has 0 radical (unpaired) electrons. The van der Waals surface area contributed by atoms with Crippen LogP contribution >= 0.6 is 11.8 Å². The average molecular weight is 385 g/mol. The van der Waals surface area contributed by atoms with Gasteiger partial charge in [0, 0.05) is 49.7 Å². The third-order valence-corrected chi connectivity index (χ3v) is 5.95. The van der Waals surface area contributed by atoms with Crippen molar-refractivity contribution in [2.45, 2.75) is 6.42 Å². The van der Waals surface area contributed by atoms with Gasteiger partial charge < -0.3 is 20.0 Å². The number of amidine groups is 1. The molecule has 3 heterocycles. The SMILES string of the molecule is CN1CCN(C(=O)c2ccc(NC(=O)CC3=CSC4=NCCN34)cc2)CC1. The summed E-state index contributed by atoms with van der Waals surface area (Å²) in [6, 6.07) is 7.15. The normalized spacial score (nSPS) is 19.6. The van der Waals surface area contributed by atoms with Crippen LogP contribution in [0.2, 0.25) is 0 Å². The number of likely N-dealkylation sites (N-methyl/N-ethyl adjacent to an activating group) is 1. The van der Waals surface area contributed by atoms with Gasteiger partial charge in [0.1, 0.15) is 0 Å². The van der Waals surface area contributed by atoms with Gasteiger partial charge in [0.25, 0.3) is 5.91 Å². The van der Waals surface area contributed by atoms with Gasteiger partial charge in [-0.15, -0.1) is 0 Å². The molecule has 4 rings (SSSR count). The molecule has 0 bridgehead atoms. The number of benzene rings is 1. The number of anilines is 1. The summed E-state index contributed by atoms with van der Waals surface area (Å²) >= 11 is 1.58. The van der Waals surface area contributed by atoms with E-state index in [1.54, 1.807) is 36.0 Å². The summed E-state index contributed by atoms with van der Waals surface area (Å²) in [7, 11) is 2.07. The Bertz CT molecular complexity index is 797. The lowest BCUT2D eigenvalue weighted by Crippen LogP contribution is -2.47. The fraction of sp³-hybridized carbons (Fsp3) is 0.421. The zero-order valence-corrected chi connectivity index (χ0v) is 16.2. The van der Waals surface area contributed by atoms with E-state index in [1.807, 2.05) is 10.3 Å². The summed E-state index contributed by atoms with van der Waals surface area (Å²) in [6.45, 7) is 4.95. The van der Waals surface area contributed by atoms with Crippen LogP contribution in [0, 0.1) is 0 Å². The second kappa shape index (κ2) is 7.74. The molecule has 0 unspecified atom stereocenters. The Kier molecular flexibility index (Phi) is 5.18. The Balaban J connectivity index is 1.32. The molecule has 7 nitrogen and oxygen atoms in total. The number of rotatable bonds is 4. The molecule has 1 N–H and O–H groups in total. The first kappa shape index (κ1) is 18.1. The second-order valence-electron chi connectivity index (χ2n) is 6.94. The summed E-state index contributed by atoms with van der Waals surface area (Å²) in [5.74, 6) is -0.0110. The Morgan fingerprint density at radius 3 is 2.59 bits per heavy atom. The molecule has 1 aromatic rings. The van der Waals surface area contributed by atoms with Crippen LogP contribution in [-0.2, 0) is 4.79 Å². The Morgan fingerprint density at radius 1 is 1.11 bits per heavy atom. The molecule has 1 fully saturated rings. The lowest BCUT2D eigenvalue weighted by molar-refractivity contribution is -0.115. The number of nitrogens with one attached hydrogen (secondary N) is 1. The highest BCUT2D eigenvalue weighted by molar-refractivity contribution is 8.16. The first-order chi connectivity index (χ1) is 13.1. The van der Waals surface area contributed by atoms with Gasteiger partial charge in [-0.25, -0.2) is 0 Å². The molecule has 0 aromatic heterocycles. The highest BCUT2D eigenvalue weighted by Crippen LogP contribution is 2.31. The number of piperazine rings is 1. The molecule has 8 heteroatoms. The molecule has 2 amide bonds. The molecule has 1 saturated heterocycles. The van der Waals surface area contributed by atoms with Gasteiger partial charge >= 0.3 is 0 Å². The van der Waals surface area contributed by atoms with E-state index in [1.165, 1.54) is 0 Å². The lowest BCUT2D eigenvalue weighted by atomic mass is 10.1. The Morgan fingerprint density at radius 2 is 1.85 bits per heavy atom. The minimum Gasteiger partial charge on any atom is -0.336 e. The molecule has 142 valence electrons. The van der Waals surface area contributed by atoms with Crippen LogP contribution in [0.4, 0.5) is 5.69 Å². The average Bonchev–Trinajstić information content (AvgIpc) is 3.28. The number of thioether (sulfide) groups is 1. The first-order valence-corrected chi connectivity index (χ1v) is 10.0.